The fourth-order valence-electron chi connectivity index (χ4n) is 3.17. The highest BCUT2D eigenvalue weighted by atomic mass is 32.2. The van der Waals surface area contributed by atoms with Crippen LogP contribution in [-0.4, -0.2) is 50.9 Å². The molecular formula is C18H23FN3O3S2+. The van der Waals surface area contributed by atoms with Crippen molar-refractivity contribution in [1.29, 1.82) is 0 Å². The van der Waals surface area contributed by atoms with E-state index in [2.05, 4.69) is 5.32 Å². The second-order valence-corrected chi connectivity index (χ2v) is 9.45. The molecule has 1 fully saturated rings. The minimum atomic E-state index is -3.86. The van der Waals surface area contributed by atoms with Gasteiger partial charge in [0.05, 0.1) is 32.7 Å². The van der Waals surface area contributed by atoms with Crippen molar-refractivity contribution in [2.75, 3.05) is 26.2 Å². The van der Waals surface area contributed by atoms with Crippen LogP contribution in [0.4, 0.5) is 4.39 Å². The van der Waals surface area contributed by atoms with Gasteiger partial charge in [-0.05, 0) is 30.5 Å². The summed E-state index contributed by atoms with van der Waals surface area (Å²) < 4.78 is 40.5. The molecule has 146 valence electrons. The van der Waals surface area contributed by atoms with Crippen LogP contribution in [0, 0.1) is 5.82 Å². The number of quaternary nitrogens is 1. The van der Waals surface area contributed by atoms with Gasteiger partial charge in [0.2, 0.25) is 10.0 Å². The Morgan fingerprint density at radius 3 is 2.59 bits per heavy atom. The zero-order chi connectivity index (χ0) is 19.4. The standard InChI is InChI=1S/C18H22FN3O3S2/c1-14(18(23)20-13-15-5-4-12-26-15)21-8-10-22(11-9-21)27(24,25)17-7-3-2-6-16(17)19/h2-7,12,14H,8-11,13H2,1H3,(H,20,23)/p+1/t14-/m1/s1. The summed E-state index contributed by atoms with van der Waals surface area (Å²) in [5, 5.41) is 4.89. The van der Waals surface area contributed by atoms with Gasteiger partial charge in [0, 0.05) is 4.88 Å². The molecule has 2 aromatic rings. The van der Waals surface area contributed by atoms with Crippen molar-refractivity contribution in [1.82, 2.24) is 9.62 Å². The third-order valence-corrected chi connectivity index (χ3v) is 7.65. The molecule has 1 aliphatic heterocycles. The van der Waals surface area contributed by atoms with Gasteiger partial charge in [-0.25, -0.2) is 12.8 Å². The number of hydrogen-bond donors (Lipinski definition) is 2. The van der Waals surface area contributed by atoms with Gasteiger partial charge >= 0.3 is 0 Å². The lowest BCUT2D eigenvalue weighted by molar-refractivity contribution is -0.917. The normalized spacial score (nSPS) is 17.6. The predicted molar refractivity (Wildman–Crippen MR) is 101 cm³/mol. The average molecular weight is 413 g/mol. The quantitative estimate of drug-likeness (QED) is 0.725. The van der Waals surface area contributed by atoms with Crippen LogP contribution in [0.5, 0.6) is 0 Å². The predicted octanol–water partition coefficient (Wildman–Crippen LogP) is 0.481. The molecule has 0 saturated carbocycles. The molecule has 2 heterocycles. The molecule has 6 nitrogen and oxygen atoms in total. The van der Waals surface area contributed by atoms with E-state index in [9.17, 15) is 17.6 Å². The van der Waals surface area contributed by atoms with Crippen molar-refractivity contribution in [3.8, 4) is 0 Å². The van der Waals surface area contributed by atoms with E-state index < -0.39 is 15.8 Å². The Kier molecular flexibility index (Phi) is 6.25. The number of benzene rings is 1. The summed E-state index contributed by atoms with van der Waals surface area (Å²) in [5.41, 5.74) is 0. The highest BCUT2D eigenvalue weighted by Gasteiger charge is 2.35. The molecule has 0 aliphatic carbocycles. The van der Waals surface area contributed by atoms with Crippen LogP contribution in [0.1, 0.15) is 11.8 Å². The van der Waals surface area contributed by atoms with Crippen LogP contribution in [0.25, 0.3) is 0 Å². The number of carbonyl (C=O) groups is 1. The van der Waals surface area contributed by atoms with E-state index in [4.69, 9.17) is 0 Å². The van der Waals surface area contributed by atoms with E-state index in [0.29, 0.717) is 19.6 Å². The highest BCUT2D eigenvalue weighted by Crippen LogP contribution is 2.18. The molecule has 0 radical (unpaired) electrons. The van der Waals surface area contributed by atoms with Crippen molar-refractivity contribution in [2.45, 2.75) is 24.4 Å². The molecule has 0 unspecified atom stereocenters. The van der Waals surface area contributed by atoms with Gasteiger partial charge < -0.3 is 10.2 Å². The van der Waals surface area contributed by atoms with Crippen molar-refractivity contribution < 1.29 is 22.5 Å². The second-order valence-electron chi connectivity index (χ2n) is 6.51. The third-order valence-electron chi connectivity index (χ3n) is 4.84. The van der Waals surface area contributed by atoms with E-state index in [-0.39, 0.29) is 29.9 Å². The lowest BCUT2D eigenvalue weighted by Gasteiger charge is -2.34. The summed E-state index contributed by atoms with van der Waals surface area (Å²) in [6.45, 7) is 3.87. The Bertz CT molecular complexity index is 879. The van der Waals surface area contributed by atoms with Crippen LogP contribution in [-0.2, 0) is 21.4 Å². The van der Waals surface area contributed by atoms with E-state index in [0.717, 1.165) is 15.8 Å². The summed E-state index contributed by atoms with van der Waals surface area (Å²) in [5.74, 6) is -0.794. The van der Waals surface area contributed by atoms with Crippen LogP contribution < -0.4 is 10.2 Å². The Labute approximate surface area is 162 Å². The van der Waals surface area contributed by atoms with E-state index in [1.54, 1.807) is 11.3 Å². The largest absolute Gasteiger partial charge is 0.346 e. The number of piperazine rings is 1. The zero-order valence-corrected chi connectivity index (χ0v) is 16.7. The summed E-state index contributed by atoms with van der Waals surface area (Å²) in [7, 11) is -3.86. The number of hydrogen-bond acceptors (Lipinski definition) is 4. The molecule has 2 N–H and O–H groups in total. The monoisotopic (exact) mass is 412 g/mol. The molecule has 0 bridgehead atoms. The van der Waals surface area contributed by atoms with Crippen LogP contribution in [0.3, 0.4) is 0 Å². The van der Waals surface area contributed by atoms with Gasteiger partial charge in [-0.2, -0.15) is 4.31 Å². The minimum absolute atomic E-state index is 0.0520. The fraction of sp³-hybridized carbons (Fsp3) is 0.389. The number of nitrogens with one attached hydrogen (secondary N) is 2. The van der Waals surface area contributed by atoms with Gasteiger partial charge in [-0.1, -0.05) is 18.2 Å². The Balaban J connectivity index is 1.56. The second kappa shape index (κ2) is 8.47. The van der Waals surface area contributed by atoms with Crippen molar-refractivity contribution in [2.24, 2.45) is 0 Å². The zero-order valence-electron chi connectivity index (χ0n) is 15.0. The smallest absolute Gasteiger partial charge is 0.278 e. The van der Waals surface area contributed by atoms with E-state index >= 15 is 0 Å². The SMILES string of the molecule is C[C@H](C(=O)NCc1cccs1)[NH+]1CCN(S(=O)(=O)c2ccccc2F)CC1. The first-order valence-corrected chi connectivity index (χ1v) is 11.1. The molecule has 1 aliphatic rings. The van der Waals surface area contributed by atoms with Crippen LogP contribution in [0.2, 0.25) is 0 Å². The number of amides is 1. The molecule has 0 spiro atoms. The number of sulfonamides is 1. The summed E-state index contributed by atoms with van der Waals surface area (Å²) in [6.07, 6.45) is 0. The first-order chi connectivity index (χ1) is 12.9. The molecule has 1 amide bonds. The lowest BCUT2D eigenvalue weighted by Crippen LogP contribution is -3.19. The summed E-state index contributed by atoms with van der Waals surface area (Å²) in [6, 6.07) is 9.04. The number of carbonyl (C=O) groups excluding carboxylic acids is 1. The molecule has 1 aromatic carbocycles. The first kappa shape index (κ1) is 19.9. The maximum absolute atomic E-state index is 13.9. The molecule has 1 saturated heterocycles. The maximum atomic E-state index is 13.9. The van der Waals surface area contributed by atoms with Crippen molar-refractivity contribution in [3.05, 3.63) is 52.5 Å². The van der Waals surface area contributed by atoms with Gasteiger partial charge in [-0.3, -0.25) is 4.79 Å². The van der Waals surface area contributed by atoms with Gasteiger partial charge in [0.25, 0.3) is 5.91 Å². The number of rotatable bonds is 6. The van der Waals surface area contributed by atoms with Crippen LogP contribution >= 0.6 is 11.3 Å². The minimum Gasteiger partial charge on any atom is -0.346 e. The topological polar surface area (TPSA) is 70.9 Å². The Hall–Kier alpha value is -1.81. The molecule has 1 aromatic heterocycles. The summed E-state index contributed by atoms with van der Waals surface area (Å²) >= 11 is 1.59. The Morgan fingerprint density at radius 2 is 1.96 bits per heavy atom. The number of halogens is 1. The number of nitrogens with zero attached hydrogens (tertiary/aromatic N) is 1. The fourth-order valence-corrected chi connectivity index (χ4v) is 5.32. The number of thiophene rings is 1. The Morgan fingerprint density at radius 1 is 1.26 bits per heavy atom. The van der Waals surface area contributed by atoms with E-state index in [1.165, 1.54) is 22.5 Å². The van der Waals surface area contributed by atoms with Gasteiger partial charge in [-0.15, -0.1) is 11.3 Å². The van der Waals surface area contributed by atoms with Crippen molar-refractivity contribution in [3.63, 3.8) is 0 Å². The molecular weight excluding hydrogens is 389 g/mol. The van der Waals surface area contributed by atoms with E-state index in [1.807, 2.05) is 24.4 Å². The highest BCUT2D eigenvalue weighted by molar-refractivity contribution is 7.89. The van der Waals surface area contributed by atoms with Gasteiger partial charge in [0.15, 0.2) is 6.04 Å². The maximum Gasteiger partial charge on any atom is 0.278 e. The van der Waals surface area contributed by atoms with Gasteiger partial charge in [0.1, 0.15) is 10.7 Å². The van der Waals surface area contributed by atoms with Crippen LogP contribution in [0.15, 0.2) is 46.7 Å². The summed E-state index contributed by atoms with van der Waals surface area (Å²) in [4.78, 5) is 14.2. The molecule has 1 atom stereocenters. The molecule has 27 heavy (non-hydrogen) atoms. The third kappa shape index (κ3) is 4.55. The molecule has 3 rings (SSSR count). The lowest BCUT2D eigenvalue weighted by atomic mass is 10.2. The molecule has 9 heteroatoms. The average Bonchev–Trinajstić information content (AvgIpc) is 3.19. The van der Waals surface area contributed by atoms with Crippen molar-refractivity contribution >= 4 is 27.3 Å². The first-order valence-electron chi connectivity index (χ1n) is 8.79.